The number of hydrogen-bond acceptors (Lipinski definition) is 6. The summed E-state index contributed by atoms with van der Waals surface area (Å²) in [6.07, 6.45) is 1.03. The van der Waals surface area contributed by atoms with Crippen molar-refractivity contribution in [1.82, 2.24) is 14.2 Å². The van der Waals surface area contributed by atoms with Crippen LogP contribution < -0.4 is 5.32 Å². The minimum absolute atomic E-state index is 0.147. The highest BCUT2D eigenvalue weighted by Gasteiger charge is 2.19. The summed E-state index contributed by atoms with van der Waals surface area (Å²) < 4.78 is 25.4. The van der Waals surface area contributed by atoms with Gasteiger partial charge in [-0.15, -0.1) is 11.3 Å². The predicted octanol–water partition coefficient (Wildman–Crippen LogP) is 3.20. The minimum atomic E-state index is -3.52. The molecule has 0 fully saturated rings. The Balaban J connectivity index is 1.37. The summed E-state index contributed by atoms with van der Waals surface area (Å²) in [7, 11) is -0.579. The van der Waals surface area contributed by atoms with E-state index in [4.69, 9.17) is 0 Å². The minimum Gasteiger partial charge on any atom is -0.298 e. The number of anilines is 1. The first-order valence-electron chi connectivity index (χ1n) is 9.90. The van der Waals surface area contributed by atoms with Gasteiger partial charge < -0.3 is 0 Å². The van der Waals surface area contributed by atoms with Crippen LogP contribution in [0.3, 0.4) is 0 Å². The largest absolute Gasteiger partial charge is 0.298 e. The average molecular weight is 457 g/mol. The first-order valence-corrected chi connectivity index (χ1v) is 12.2. The molecule has 4 rings (SSSR count). The van der Waals surface area contributed by atoms with Gasteiger partial charge in [0.25, 0.3) is 5.91 Å². The number of nitrogens with one attached hydrogen (secondary N) is 1. The molecule has 7 nitrogen and oxygen atoms in total. The molecule has 1 aromatic heterocycles. The third-order valence-electron chi connectivity index (χ3n) is 5.26. The number of fused-ring (bicyclic) bond motifs is 1. The van der Waals surface area contributed by atoms with Crippen molar-refractivity contribution >= 4 is 32.4 Å². The maximum absolute atomic E-state index is 12.5. The van der Waals surface area contributed by atoms with Gasteiger partial charge in [-0.25, -0.2) is 17.7 Å². The zero-order chi connectivity index (χ0) is 22.0. The van der Waals surface area contributed by atoms with E-state index in [0.29, 0.717) is 10.7 Å². The fraction of sp³-hybridized carbons (Fsp3) is 0.273. The Labute approximate surface area is 186 Å². The number of amides is 1. The predicted molar refractivity (Wildman–Crippen MR) is 122 cm³/mol. The van der Waals surface area contributed by atoms with Gasteiger partial charge in [0.15, 0.2) is 5.13 Å². The van der Waals surface area contributed by atoms with Crippen LogP contribution in [-0.2, 0) is 29.5 Å². The van der Waals surface area contributed by atoms with Gasteiger partial charge in [-0.2, -0.15) is 0 Å². The molecule has 0 atom stereocenters. The molecule has 9 heteroatoms. The van der Waals surface area contributed by atoms with Crippen LogP contribution in [0.25, 0.3) is 0 Å². The second-order valence-corrected chi connectivity index (χ2v) is 10.6. The van der Waals surface area contributed by atoms with Gasteiger partial charge in [-0.3, -0.25) is 15.0 Å². The van der Waals surface area contributed by atoms with Crippen molar-refractivity contribution in [1.29, 1.82) is 0 Å². The summed E-state index contributed by atoms with van der Waals surface area (Å²) in [6.45, 7) is 2.62. The number of carbonyl (C=O) groups is 1. The van der Waals surface area contributed by atoms with Crippen LogP contribution >= 0.6 is 11.3 Å². The molecule has 0 spiro atoms. The molecule has 0 bridgehead atoms. The molecule has 1 N–H and O–H groups in total. The lowest BCUT2D eigenvalue weighted by atomic mass is 10.00. The lowest BCUT2D eigenvalue weighted by Gasteiger charge is -2.27. The van der Waals surface area contributed by atoms with E-state index in [9.17, 15) is 13.2 Å². The van der Waals surface area contributed by atoms with Crippen molar-refractivity contribution in [2.45, 2.75) is 24.4 Å². The molecule has 2 aromatic carbocycles. The lowest BCUT2D eigenvalue weighted by Crippen LogP contribution is -2.30. The SMILES string of the molecule is CN(C)S(=O)(=O)c1ccc(C(=O)Nc2nc(CN3CCc4ccccc4C3)cs2)cc1. The number of benzene rings is 2. The molecular formula is C22H24N4O3S2. The first kappa shape index (κ1) is 21.6. The molecule has 0 saturated heterocycles. The van der Waals surface area contributed by atoms with Gasteiger partial charge in [0, 0.05) is 44.7 Å². The summed E-state index contributed by atoms with van der Waals surface area (Å²) in [6, 6.07) is 14.4. The van der Waals surface area contributed by atoms with Gasteiger partial charge in [-0.1, -0.05) is 24.3 Å². The molecule has 1 aliphatic rings. The van der Waals surface area contributed by atoms with E-state index in [1.54, 1.807) is 0 Å². The number of aromatic nitrogens is 1. The van der Waals surface area contributed by atoms with Gasteiger partial charge in [0.1, 0.15) is 0 Å². The first-order chi connectivity index (χ1) is 14.8. The second-order valence-electron chi connectivity index (χ2n) is 7.64. The molecule has 162 valence electrons. The maximum Gasteiger partial charge on any atom is 0.257 e. The number of carbonyl (C=O) groups excluding carboxylic acids is 1. The number of rotatable bonds is 6. The van der Waals surface area contributed by atoms with Crippen LogP contribution in [0.2, 0.25) is 0 Å². The van der Waals surface area contributed by atoms with Gasteiger partial charge >= 0.3 is 0 Å². The normalized spacial score (nSPS) is 14.4. The van der Waals surface area contributed by atoms with Crippen molar-refractivity contribution in [3.63, 3.8) is 0 Å². The van der Waals surface area contributed by atoms with Crippen LogP contribution in [0.1, 0.15) is 27.2 Å². The number of hydrogen-bond donors (Lipinski definition) is 1. The van der Waals surface area contributed by atoms with Crippen molar-refractivity contribution in [3.05, 3.63) is 76.3 Å². The fourth-order valence-corrected chi connectivity index (χ4v) is 5.11. The topological polar surface area (TPSA) is 82.6 Å². The van der Waals surface area contributed by atoms with E-state index in [0.717, 1.165) is 36.1 Å². The molecule has 31 heavy (non-hydrogen) atoms. The Morgan fingerprint density at radius 1 is 1.13 bits per heavy atom. The van der Waals surface area contributed by atoms with Gasteiger partial charge in [-0.05, 0) is 41.8 Å². The Morgan fingerprint density at radius 3 is 2.55 bits per heavy atom. The summed E-state index contributed by atoms with van der Waals surface area (Å²) in [4.78, 5) is 19.6. The van der Waals surface area contributed by atoms with E-state index >= 15 is 0 Å². The number of sulfonamides is 1. The fourth-order valence-electron chi connectivity index (χ4n) is 3.51. The molecule has 0 aliphatic carbocycles. The highest BCUT2D eigenvalue weighted by molar-refractivity contribution is 7.89. The lowest BCUT2D eigenvalue weighted by molar-refractivity contribution is 0.102. The maximum atomic E-state index is 12.5. The van der Waals surface area contributed by atoms with Crippen LogP contribution in [0.4, 0.5) is 5.13 Å². The third kappa shape index (κ3) is 4.85. The molecule has 2 heterocycles. The Hall–Kier alpha value is -2.59. The Bertz CT molecular complexity index is 1190. The second kappa shape index (κ2) is 8.88. The molecule has 0 radical (unpaired) electrons. The van der Waals surface area contributed by atoms with Crippen molar-refractivity contribution in [2.24, 2.45) is 0 Å². The zero-order valence-electron chi connectivity index (χ0n) is 17.4. The van der Waals surface area contributed by atoms with Crippen LogP contribution in [0, 0.1) is 0 Å². The highest BCUT2D eigenvalue weighted by Crippen LogP contribution is 2.23. The van der Waals surface area contributed by atoms with E-state index < -0.39 is 10.0 Å². The quantitative estimate of drug-likeness (QED) is 0.616. The molecule has 1 amide bonds. The van der Waals surface area contributed by atoms with E-state index in [-0.39, 0.29) is 10.8 Å². The molecule has 3 aromatic rings. The molecular weight excluding hydrogens is 432 g/mol. The molecule has 0 unspecified atom stereocenters. The Morgan fingerprint density at radius 2 is 1.84 bits per heavy atom. The zero-order valence-corrected chi connectivity index (χ0v) is 19.0. The summed E-state index contributed by atoms with van der Waals surface area (Å²) >= 11 is 1.39. The average Bonchev–Trinajstić information content (AvgIpc) is 3.20. The number of thiazole rings is 1. The Kier molecular flexibility index (Phi) is 6.19. The third-order valence-corrected chi connectivity index (χ3v) is 7.90. The van der Waals surface area contributed by atoms with Crippen LogP contribution in [0.5, 0.6) is 0 Å². The van der Waals surface area contributed by atoms with E-state index in [1.165, 1.54) is 60.8 Å². The molecule has 1 aliphatic heterocycles. The summed E-state index contributed by atoms with van der Waals surface area (Å²) in [5.74, 6) is -0.318. The van der Waals surface area contributed by atoms with Crippen LogP contribution in [-0.4, -0.2) is 49.2 Å². The standard InChI is InChI=1S/C22H24N4O3S2/c1-25(2)31(28,29)20-9-7-17(8-10-20)21(27)24-22-23-19(15-30-22)14-26-12-11-16-5-3-4-6-18(16)13-26/h3-10,15H,11-14H2,1-2H3,(H,23,24,27). The van der Waals surface area contributed by atoms with Crippen molar-refractivity contribution in [2.75, 3.05) is 26.0 Å². The smallest absolute Gasteiger partial charge is 0.257 e. The summed E-state index contributed by atoms with van der Waals surface area (Å²) in [5.41, 5.74) is 4.07. The van der Waals surface area contributed by atoms with E-state index in [2.05, 4.69) is 39.5 Å². The van der Waals surface area contributed by atoms with Crippen molar-refractivity contribution in [3.8, 4) is 0 Å². The van der Waals surface area contributed by atoms with Gasteiger partial charge in [0.05, 0.1) is 10.6 Å². The van der Waals surface area contributed by atoms with Gasteiger partial charge in [0.2, 0.25) is 10.0 Å². The highest BCUT2D eigenvalue weighted by atomic mass is 32.2. The van der Waals surface area contributed by atoms with Crippen LogP contribution in [0.15, 0.2) is 58.8 Å². The monoisotopic (exact) mass is 456 g/mol. The van der Waals surface area contributed by atoms with E-state index in [1.807, 2.05) is 5.38 Å². The summed E-state index contributed by atoms with van der Waals surface area (Å²) in [5, 5.41) is 5.29. The molecule has 0 saturated carbocycles. The van der Waals surface area contributed by atoms with Crippen molar-refractivity contribution < 1.29 is 13.2 Å². The number of nitrogens with zero attached hydrogens (tertiary/aromatic N) is 3.